The highest BCUT2D eigenvalue weighted by molar-refractivity contribution is 6.35. The van der Waals surface area contributed by atoms with E-state index in [4.69, 9.17) is 21.4 Å². The SMILES string of the molecule is O=C(OCC(O)CO)c1ccccc1Nc1ccnc2c(Cl)cccc12. The number of aliphatic hydroxyl groups is 2. The number of pyridine rings is 1. The van der Waals surface area contributed by atoms with Gasteiger partial charge in [0.2, 0.25) is 0 Å². The number of hydrogen-bond acceptors (Lipinski definition) is 6. The quantitative estimate of drug-likeness (QED) is 0.576. The summed E-state index contributed by atoms with van der Waals surface area (Å²) < 4.78 is 5.04. The lowest BCUT2D eigenvalue weighted by molar-refractivity contribution is 0.00941. The van der Waals surface area contributed by atoms with Crippen molar-refractivity contribution in [2.75, 3.05) is 18.5 Å². The van der Waals surface area contributed by atoms with E-state index < -0.39 is 18.7 Å². The first kappa shape index (κ1) is 18.1. The van der Waals surface area contributed by atoms with Crippen molar-refractivity contribution in [1.29, 1.82) is 0 Å². The molecule has 3 rings (SSSR count). The Hall–Kier alpha value is -2.67. The Balaban J connectivity index is 1.90. The Morgan fingerprint density at radius 2 is 1.96 bits per heavy atom. The van der Waals surface area contributed by atoms with E-state index >= 15 is 0 Å². The lowest BCUT2D eigenvalue weighted by atomic mass is 10.1. The second-order valence-corrected chi connectivity index (χ2v) is 6.01. The molecule has 1 unspecified atom stereocenters. The summed E-state index contributed by atoms with van der Waals surface area (Å²) in [5, 5.41) is 22.7. The van der Waals surface area contributed by atoms with Crippen molar-refractivity contribution in [2.24, 2.45) is 0 Å². The van der Waals surface area contributed by atoms with E-state index in [0.717, 1.165) is 11.1 Å². The van der Waals surface area contributed by atoms with Gasteiger partial charge in [-0.05, 0) is 24.3 Å². The molecule has 0 amide bonds. The third-order valence-corrected chi connectivity index (χ3v) is 4.06. The highest BCUT2D eigenvalue weighted by Crippen LogP contribution is 2.30. The topological polar surface area (TPSA) is 91.7 Å². The molecule has 0 radical (unpaired) electrons. The highest BCUT2D eigenvalue weighted by atomic mass is 35.5. The van der Waals surface area contributed by atoms with Crippen molar-refractivity contribution in [3.8, 4) is 0 Å². The van der Waals surface area contributed by atoms with Crippen LogP contribution < -0.4 is 5.32 Å². The number of carbonyl (C=O) groups is 1. The number of esters is 1. The number of benzene rings is 2. The number of anilines is 2. The molecule has 2 aromatic carbocycles. The normalized spacial score (nSPS) is 12.0. The molecule has 0 saturated carbocycles. The molecule has 0 fully saturated rings. The molecule has 0 aliphatic heterocycles. The van der Waals surface area contributed by atoms with Gasteiger partial charge in [0.25, 0.3) is 0 Å². The van der Waals surface area contributed by atoms with Crippen LogP contribution in [0, 0.1) is 0 Å². The molecule has 7 heteroatoms. The van der Waals surface area contributed by atoms with Gasteiger partial charge in [-0.1, -0.05) is 35.9 Å². The van der Waals surface area contributed by atoms with Gasteiger partial charge < -0.3 is 20.3 Å². The summed E-state index contributed by atoms with van der Waals surface area (Å²) in [4.78, 5) is 16.6. The van der Waals surface area contributed by atoms with Gasteiger partial charge in [-0.25, -0.2) is 4.79 Å². The summed E-state index contributed by atoms with van der Waals surface area (Å²) in [5.74, 6) is -0.600. The van der Waals surface area contributed by atoms with Crippen molar-refractivity contribution in [2.45, 2.75) is 6.10 Å². The zero-order valence-corrected chi connectivity index (χ0v) is 14.5. The molecule has 0 spiro atoms. The van der Waals surface area contributed by atoms with Gasteiger partial charge in [-0.2, -0.15) is 0 Å². The summed E-state index contributed by atoms with van der Waals surface area (Å²) >= 11 is 6.19. The zero-order chi connectivity index (χ0) is 18.5. The Bertz CT molecular complexity index is 932. The highest BCUT2D eigenvalue weighted by Gasteiger charge is 2.15. The minimum absolute atomic E-state index is 0.280. The maximum Gasteiger partial charge on any atom is 0.340 e. The van der Waals surface area contributed by atoms with Gasteiger partial charge in [0.05, 0.1) is 28.4 Å². The molecule has 1 heterocycles. The number of para-hydroxylation sites is 2. The van der Waals surface area contributed by atoms with Gasteiger partial charge in [-0.15, -0.1) is 0 Å². The summed E-state index contributed by atoms with van der Waals surface area (Å²) in [7, 11) is 0. The smallest absolute Gasteiger partial charge is 0.340 e. The molecular weight excluding hydrogens is 356 g/mol. The fourth-order valence-corrected chi connectivity index (χ4v) is 2.69. The van der Waals surface area contributed by atoms with Crippen LogP contribution in [0.2, 0.25) is 5.02 Å². The second kappa shape index (κ2) is 8.14. The zero-order valence-electron chi connectivity index (χ0n) is 13.7. The molecule has 26 heavy (non-hydrogen) atoms. The molecule has 3 N–H and O–H groups in total. The minimum atomic E-state index is -1.11. The number of carbonyl (C=O) groups excluding carboxylic acids is 1. The average Bonchev–Trinajstić information content (AvgIpc) is 2.67. The largest absolute Gasteiger partial charge is 0.459 e. The van der Waals surface area contributed by atoms with Crippen LogP contribution in [0.4, 0.5) is 11.4 Å². The number of halogens is 1. The first-order valence-electron chi connectivity index (χ1n) is 7.95. The molecule has 1 atom stereocenters. The van der Waals surface area contributed by atoms with Gasteiger partial charge in [0.1, 0.15) is 12.7 Å². The number of nitrogens with zero attached hydrogens (tertiary/aromatic N) is 1. The molecule has 3 aromatic rings. The van der Waals surface area contributed by atoms with Gasteiger partial charge in [0, 0.05) is 17.3 Å². The number of rotatable bonds is 6. The Labute approximate surface area is 155 Å². The fourth-order valence-electron chi connectivity index (χ4n) is 2.47. The van der Waals surface area contributed by atoms with Crippen molar-refractivity contribution >= 4 is 39.8 Å². The lowest BCUT2D eigenvalue weighted by Gasteiger charge is -2.14. The molecular formula is C19H17ClN2O4. The summed E-state index contributed by atoms with van der Waals surface area (Å²) in [5.41, 5.74) is 2.26. The number of aromatic nitrogens is 1. The third-order valence-electron chi connectivity index (χ3n) is 3.76. The van der Waals surface area contributed by atoms with E-state index in [2.05, 4.69) is 10.3 Å². The van der Waals surface area contributed by atoms with E-state index in [1.54, 1.807) is 42.6 Å². The first-order chi connectivity index (χ1) is 12.6. The average molecular weight is 373 g/mol. The van der Waals surface area contributed by atoms with Gasteiger partial charge >= 0.3 is 5.97 Å². The van der Waals surface area contributed by atoms with Crippen LogP contribution in [0.5, 0.6) is 0 Å². The van der Waals surface area contributed by atoms with Crippen LogP contribution in [0.3, 0.4) is 0 Å². The number of hydrogen-bond donors (Lipinski definition) is 3. The molecule has 0 saturated heterocycles. The first-order valence-corrected chi connectivity index (χ1v) is 8.33. The van der Waals surface area contributed by atoms with E-state index in [1.807, 2.05) is 12.1 Å². The van der Waals surface area contributed by atoms with Crippen molar-refractivity contribution in [3.63, 3.8) is 0 Å². The maximum atomic E-state index is 12.3. The minimum Gasteiger partial charge on any atom is -0.459 e. The van der Waals surface area contributed by atoms with Crippen LogP contribution in [0.1, 0.15) is 10.4 Å². The number of nitrogens with one attached hydrogen (secondary N) is 1. The van der Waals surface area contributed by atoms with E-state index in [-0.39, 0.29) is 6.61 Å². The number of aliphatic hydroxyl groups excluding tert-OH is 2. The van der Waals surface area contributed by atoms with Gasteiger partial charge in [0.15, 0.2) is 0 Å². The Morgan fingerprint density at radius 3 is 2.77 bits per heavy atom. The van der Waals surface area contributed by atoms with Gasteiger partial charge in [-0.3, -0.25) is 4.98 Å². The molecule has 0 bridgehead atoms. The van der Waals surface area contributed by atoms with Crippen molar-refractivity contribution in [3.05, 3.63) is 65.3 Å². The van der Waals surface area contributed by atoms with Crippen LogP contribution in [0.15, 0.2) is 54.7 Å². The van der Waals surface area contributed by atoms with Crippen LogP contribution in [-0.2, 0) is 4.74 Å². The van der Waals surface area contributed by atoms with E-state index in [1.165, 1.54) is 0 Å². The molecule has 0 aliphatic rings. The molecule has 0 aliphatic carbocycles. The monoisotopic (exact) mass is 372 g/mol. The number of ether oxygens (including phenoxy) is 1. The molecule has 1 aromatic heterocycles. The molecule has 134 valence electrons. The fraction of sp³-hybridized carbons (Fsp3) is 0.158. The van der Waals surface area contributed by atoms with Crippen LogP contribution in [0.25, 0.3) is 10.9 Å². The van der Waals surface area contributed by atoms with Crippen LogP contribution in [-0.4, -0.2) is 40.5 Å². The van der Waals surface area contributed by atoms with Crippen molar-refractivity contribution in [1.82, 2.24) is 4.98 Å². The standard InChI is InChI=1S/C19H17ClN2O4/c20-15-6-3-5-13-17(8-9-21-18(13)15)22-16-7-2-1-4-14(16)19(25)26-11-12(24)10-23/h1-9,12,23-24H,10-11H2,(H,21,22). The van der Waals surface area contributed by atoms with Crippen molar-refractivity contribution < 1.29 is 19.7 Å². The number of fused-ring (bicyclic) bond motifs is 1. The predicted octanol–water partition coefficient (Wildman–Crippen LogP) is 3.14. The summed E-state index contributed by atoms with van der Waals surface area (Å²) in [6.07, 6.45) is 0.528. The van der Waals surface area contributed by atoms with Crippen LogP contribution >= 0.6 is 11.6 Å². The maximum absolute atomic E-state index is 12.3. The second-order valence-electron chi connectivity index (χ2n) is 5.60. The Kier molecular flexibility index (Phi) is 5.68. The lowest BCUT2D eigenvalue weighted by Crippen LogP contribution is -2.22. The van der Waals surface area contributed by atoms with E-state index in [0.29, 0.717) is 21.8 Å². The Morgan fingerprint density at radius 1 is 1.15 bits per heavy atom. The van der Waals surface area contributed by atoms with E-state index in [9.17, 15) is 9.90 Å². The third kappa shape index (κ3) is 3.94. The summed E-state index contributed by atoms with van der Waals surface area (Å²) in [6.45, 7) is -0.756. The summed E-state index contributed by atoms with van der Waals surface area (Å²) in [6, 6.07) is 14.1. The molecule has 6 nitrogen and oxygen atoms in total. The predicted molar refractivity (Wildman–Crippen MR) is 99.9 cm³/mol.